The SMILES string of the molecule is NC(=O)CCNCC1CCCNC1. The maximum atomic E-state index is 10.4. The third-order valence-corrected chi connectivity index (χ3v) is 2.38. The van der Waals surface area contributed by atoms with Gasteiger partial charge in [-0.05, 0) is 38.4 Å². The second kappa shape index (κ2) is 5.94. The summed E-state index contributed by atoms with van der Waals surface area (Å²) < 4.78 is 0. The van der Waals surface area contributed by atoms with Crippen LogP contribution in [0.4, 0.5) is 0 Å². The number of amides is 1. The van der Waals surface area contributed by atoms with Crippen LogP contribution in [-0.4, -0.2) is 32.1 Å². The van der Waals surface area contributed by atoms with Crippen LogP contribution >= 0.6 is 0 Å². The van der Waals surface area contributed by atoms with E-state index in [1.807, 2.05) is 0 Å². The van der Waals surface area contributed by atoms with Crippen LogP contribution in [0.25, 0.3) is 0 Å². The summed E-state index contributed by atoms with van der Waals surface area (Å²) in [5.41, 5.74) is 5.02. The molecule has 0 aliphatic carbocycles. The standard InChI is InChI=1S/C9H19N3O/c10-9(13)3-5-12-7-8-2-1-4-11-6-8/h8,11-12H,1-7H2,(H2,10,13). The maximum absolute atomic E-state index is 10.4. The van der Waals surface area contributed by atoms with Gasteiger partial charge < -0.3 is 16.4 Å². The Morgan fingerprint density at radius 3 is 3.08 bits per heavy atom. The van der Waals surface area contributed by atoms with E-state index in [0.717, 1.165) is 25.6 Å². The highest BCUT2D eigenvalue weighted by Gasteiger charge is 2.11. The normalized spacial score (nSPS) is 22.9. The van der Waals surface area contributed by atoms with Crippen molar-refractivity contribution in [3.63, 3.8) is 0 Å². The predicted octanol–water partition coefficient (Wildman–Crippen LogP) is -0.549. The van der Waals surface area contributed by atoms with Gasteiger partial charge in [-0.3, -0.25) is 4.79 Å². The fraction of sp³-hybridized carbons (Fsp3) is 0.889. The predicted molar refractivity (Wildman–Crippen MR) is 52.3 cm³/mol. The number of nitrogens with two attached hydrogens (primary N) is 1. The third-order valence-electron chi connectivity index (χ3n) is 2.38. The lowest BCUT2D eigenvalue weighted by atomic mass is 10.00. The largest absolute Gasteiger partial charge is 0.370 e. The number of primary amides is 1. The first-order valence-electron chi connectivity index (χ1n) is 4.99. The molecule has 1 rings (SSSR count). The van der Waals surface area contributed by atoms with E-state index in [0.29, 0.717) is 13.0 Å². The number of rotatable bonds is 5. The first-order chi connectivity index (χ1) is 6.29. The van der Waals surface area contributed by atoms with Gasteiger partial charge in [0.2, 0.25) is 5.91 Å². The molecule has 1 atom stereocenters. The Hall–Kier alpha value is -0.610. The van der Waals surface area contributed by atoms with Crippen LogP contribution in [0.5, 0.6) is 0 Å². The fourth-order valence-corrected chi connectivity index (χ4v) is 1.62. The molecule has 1 aliphatic rings. The summed E-state index contributed by atoms with van der Waals surface area (Å²) in [5, 5.41) is 6.60. The summed E-state index contributed by atoms with van der Waals surface area (Å²) in [6.07, 6.45) is 3.00. The van der Waals surface area contributed by atoms with Crippen molar-refractivity contribution in [1.29, 1.82) is 0 Å². The van der Waals surface area contributed by atoms with Crippen molar-refractivity contribution in [2.75, 3.05) is 26.2 Å². The molecule has 1 aliphatic heterocycles. The molecular weight excluding hydrogens is 166 g/mol. The number of carbonyl (C=O) groups excluding carboxylic acids is 1. The Morgan fingerprint density at radius 1 is 1.62 bits per heavy atom. The van der Waals surface area contributed by atoms with Crippen LogP contribution in [0.1, 0.15) is 19.3 Å². The molecule has 0 bridgehead atoms. The molecule has 1 heterocycles. The Balaban J connectivity index is 1.95. The molecule has 4 nitrogen and oxygen atoms in total. The highest BCUT2D eigenvalue weighted by molar-refractivity contribution is 5.73. The van der Waals surface area contributed by atoms with E-state index >= 15 is 0 Å². The van der Waals surface area contributed by atoms with Crippen molar-refractivity contribution in [3.8, 4) is 0 Å². The van der Waals surface area contributed by atoms with Gasteiger partial charge in [0.25, 0.3) is 0 Å². The lowest BCUT2D eigenvalue weighted by Crippen LogP contribution is -2.36. The fourth-order valence-electron chi connectivity index (χ4n) is 1.62. The lowest BCUT2D eigenvalue weighted by Gasteiger charge is -2.22. The zero-order valence-electron chi connectivity index (χ0n) is 8.01. The first-order valence-corrected chi connectivity index (χ1v) is 4.99. The Labute approximate surface area is 79.3 Å². The zero-order valence-corrected chi connectivity index (χ0v) is 8.01. The second-order valence-corrected chi connectivity index (χ2v) is 3.63. The van der Waals surface area contributed by atoms with Gasteiger partial charge in [0.05, 0.1) is 0 Å². The van der Waals surface area contributed by atoms with Crippen LogP contribution in [-0.2, 0) is 4.79 Å². The molecule has 0 aromatic heterocycles. The third kappa shape index (κ3) is 4.85. The number of nitrogens with one attached hydrogen (secondary N) is 2. The molecule has 1 amide bonds. The zero-order chi connectivity index (χ0) is 9.52. The van der Waals surface area contributed by atoms with Gasteiger partial charge >= 0.3 is 0 Å². The highest BCUT2D eigenvalue weighted by atomic mass is 16.1. The molecule has 0 aromatic rings. The quantitative estimate of drug-likeness (QED) is 0.503. The minimum absolute atomic E-state index is 0.228. The topological polar surface area (TPSA) is 67.2 Å². The van der Waals surface area contributed by atoms with Crippen molar-refractivity contribution in [3.05, 3.63) is 0 Å². The minimum Gasteiger partial charge on any atom is -0.370 e. The molecule has 4 heteroatoms. The van der Waals surface area contributed by atoms with Crippen molar-refractivity contribution < 1.29 is 4.79 Å². The minimum atomic E-state index is -0.228. The average Bonchev–Trinajstić information content (AvgIpc) is 2.14. The van der Waals surface area contributed by atoms with E-state index < -0.39 is 0 Å². The number of hydrogen-bond acceptors (Lipinski definition) is 3. The van der Waals surface area contributed by atoms with E-state index in [4.69, 9.17) is 5.73 Å². The van der Waals surface area contributed by atoms with Gasteiger partial charge in [0, 0.05) is 13.0 Å². The van der Waals surface area contributed by atoms with Crippen molar-refractivity contribution in [1.82, 2.24) is 10.6 Å². The summed E-state index contributed by atoms with van der Waals surface area (Å²) in [7, 11) is 0. The van der Waals surface area contributed by atoms with Crippen molar-refractivity contribution in [2.45, 2.75) is 19.3 Å². The second-order valence-electron chi connectivity index (χ2n) is 3.63. The van der Waals surface area contributed by atoms with Gasteiger partial charge in [0.1, 0.15) is 0 Å². The lowest BCUT2D eigenvalue weighted by molar-refractivity contribution is -0.117. The monoisotopic (exact) mass is 185 g/mol. The summed E-state index contributed by atoms with van der Waals surface area (Å²) in [4.78, 5) is 10.4. The van der Waals surface area contributed by atoms with Gasteiger partial charge in [-0.25, -0.2) is 0 Å². The molecule has 0 radical (unpaired) electrons. The van der Waals surface area contributed by atoms with E-state index in [2.05, 4.69) is 10.6 Å². The molecule has 4 N–H and O–H groups in total. The summed E-state index contributed by atoms with van der Waals surface area (Å²) in [6.45, 7) is 3.97. The maximum Gasteiger partial charge on any atom is 0.218 e. The Morgan fingerprint density at radius 2 is 2.46 bits per heavy atom. The number of hydrogen-bond donors (Lipinski definition) is 3. The van der Waals surface area contributed by atoms with Gasteiger partial charge in [-0.1, -0.05) is 0 Å². The van der Waals surface area contributed by atoms with E-state index in [1.165, 1.54) is 12.8 Å². The van der Waals surface area contributed by atoms with Crippen LogP contribution in [0.15, 0.2) is 0 Å². The summed E-state index contributed by atoms with van der Waals surface area (Å²) in [5.74, 6) is 0.496. The highest BCUT2D eigenvalue weighted by Crippen LogP contribution is 2.07. The Bertz CT molecular complexity index is 155. The van der Waals surface area contributed by atoms with E-state index in [9.17, 15) is 4.79 Å². The number of piperidine rings is 1. The Kier molecular flexibility index (Phi) is 4.78. The van der Waals surface area contributed by atoms with Crippen LogP contribution < -0.4 is 16.4 Å². The van der Waals surface area contributed by atoms with Crippen LogP contribution in [0.2, 0.25) is 0 Å². The molecule has 76 valence electrons. The molecule has 0 saturated carbocycles. The van der Waals surface area contributed by atoms with Crippen LogP contribution in [0.3, 0.4) is 0 Å². The van der Waals surface area contributed by atoms with Crippen molar-refractivity contribution >= 4 is 5.91 Å². The van der Waals surface area contributed by atoms with E-state index in [1.54, 1.807) is 0 Å². The number of carbonyl (C=O) groups is 1. The molecule has 13 heavy (non-hydrogen) atoms. The molecule has 1 saturated heterocycles. The van der Waals surface area contributed by atoms with Gasteiger partial charge in [0.15, 0.2) is 0 Å². The first kappa shape index (κ1) is 10.5. The molecule has 0 spiro atoms. The van der Waals surface area contributed by atoms with Crippen LogP contribution in [0, 0.1) is 5.92 Å². The van der Waals surface area contributed by atoms with Crippen molar-refractivity contribution in [2.24, 2.45) is 11.7 Å². The molecule has 1 fully saturated rings. The van der Waals surface area contributed by atoms with Gasteiger partial charge in [-0.15, -0.1) is 0 Å². The molecule has 1 unspecified atom stereocenters. The summed E-state index contributed by atoms with van der Waals surface area (Å²) in [6, 6.07) is 0. The smallest absolute Gasteiger partial charge is 0.218 e. The molecule has 0 aromatic carbocycles. The summed E-state index contributed by atoms with van der Waals surface area (Å²) >= 11 is 0. The average molecular weight is 185 g/mol. The van der Waals surface area contributed by atoms with Gasteiger partial charge in [-0.2, -0.15) is 0 Å². The van der Waals surface area contributed by atoms with E-state index in [-0.39, 0.29) is 5.91 Å². The molecular formula is C9H19N3O.